The highest BCUT2D eigenvalue weighted by atomic mass is 19.1. The van der Waals surface area contributed by atoms with Crippen molar-refractivity contribution in [2.75, 3.05) is 5.73 Å². The predicted molar refractivity (Wildman–Crippen MR) is 95.6 cm³/mol. The largest absolute Gasteiger partial charge is 0.383 e. The molecule has 0 atom stereocenters. The van der Waals surface area contributed by atoms with Gasteiger partial charge in [-0.15, -0.1) is 0 Å². The molecular weight excluding hydrogens is 335 g/mol. The molecule has 0 aliphatic rings. The van der Waals surface area contributed by atoms with Crippen LogP contribution in [0.3, 0.4) is 0 Å². The van der Waals surface area contributed by atoms with Crippen LogP contribution in [0.4, 0.5) is 15.9 Å². The number of benzene rings is 2. The second kappa shape index (κ2) is 6.61. The highest BCUT2D eigenvalue weighted by Crippen LogP contribution is 2.36. The van der Waals surface area contributed by atoms with Crippen molar-refractivity contribution in [2.45, 2.75) is 6.92 Å². The Morgan fingerprint density at radius 3 is 2.50 bits per heavy atom. The van der Waals surface area contributed by atoms with Crippen LogP contribution in [0.5, 0.6) is 0 Å². The summed E-state index contributed by atoms with van der Waals surface area (Å²) in [5.74, 6) is -0.370. The summed E-state index contributed by atoms with van der Waals surface area (Å²) in [5.41, 5.74) is 8.73. The molecule has 1 heterocycles. The van der Waals surface area contributed by atoms with Crippen LogP contribution in [-0.2, 0) is 0 Å². The van der Waals surface area contributed by atoms with Crippen LogP contribution in [0.1, 0.15) is 11.1 Å². The second-order valence-corrected chi connectivity index (χ2v) is 5.65. The Bertz CT molecular complexity index is 1060. The number of non-ortho nitro benzene ring substituents is 1. The van der Waals surface area contributed by atoms with Gasteiger partial charge in [0, 0.05) is 23.3 Å². The zero-order valence-electron chi connectivity index (χ0n) is 13.7. The van der Waals surface area contributed by atoms with E-state index in [4.69, 9.17) is 5.73 Å². The highest BCUT2D eigenvalue weighted by molar-refractivity contribution is 5.84. The molecule has 2 aromatic carbocycles. The van der Waals surface area contributed by atoms with E-state index in [1.807, 2.05) is 6.07 Å². The summed E-state index contributed by atoms with van der Waals surface area (Å²) < 4.78 is 13.2. The van der Waals surface area contributed by atoms with Gasteiger partial charge in [-0.3, -0.25) is 10.1 Å². The minimum absolute atomic E-state index is 0.0129. The fraction of sp³-hybridized carbons (Fsp3) is 0.0526. The molecule has 0 saturated heterocycles. The lowest BCUT2D eigenvalue weighted by atomic mass is 9.92. The number of nitrogens with two attached hydrogens (primary N) is 1. The molecule has 0 aliphatic carbocycles. The van der Waals surface area contributed by atoms with Gasteiger partial charge in [0.1, 0.15) is 23.3 Å². The number of halogens is 1. The molecule has 0 unspecified atom stereocenters. The molecule has 0 spiro atoms. The number of pyridine rings is 1. The smallest absolute Gasteiger partial charge is 0.270 e. The van der Waals surface area contributed by atoms with Crippen molar-refractivity contribution in [1.29, 1.82) is 5.26 Å². The van der Waals surface area contributed by atoms with Crippen LogP contribution in [0, 0.1) is 34.2 Å². The van der Waals surface area contributed by atoms with Crippen molar-refractivity contribution in [3.8, 4) is 28.5 Å². The molecule has 0 amide bonds. The molecular formula is C19H13FN4O2. The lowest BCUT2D eigenvalue weighted by molar-refractivity contribution is -0.384. The summed E-state index contributed by atoms with van der Waals surface area (Å²) in [4.78, 5) is 14.9. The Morgan fingerprint density at radius 2 is 1.88 bits per heavy atom. The molecule has 0 saturated carbocycles. The van der Waals surface area contributed by atoms with Gasteiger partial charge < -0.3 is 5.73 Å². The number of hydrogen-bond donors (Lipinski definition) is 1. The number of nitrogen functional groups attached to an aromatic ring is 1. The molecule has 7 heteroatoms. The van der Waals surface area contributed by atoms with Gasteiger partial charge in [0.15, 0.2) is 0 Å². The fourth-order valence-corrected chi connectivity index (χ4v) is 2.83. The predicted octanol–water partition coefficient (Wildman–Crippen LogP) is 4.23. The Labute approximate surface area is 148 Å². The Hall–Kier alpha value is -3.79. The zero-order chi connectivity index (χ0) is 18.8. The van der Waals surface area contributed by atoms with Crippen molar-refractivity contribution in [2.24, 2.45) is 0 Å². The van der Waals surface area contributed by atoms with E-state index in [1.54, 1.807) is 31.2 Å². The highest BCUT2D eigenvalue weighted by Gasteiger charge is 2.19. The summed E-state index contributed by atoms with van der Waals surface area (Å²) >= 11 is 0. The number of anilines is 1. The molecule has 2 N–H and O–H groups in total. The van der Waals surface area contributed by atoms with E-state index < -0.39 is 4.92 Å². The van der Waals surface area contributed by atoms with Crippen molar-refractivity contribution < 1.29 is 9.31 Å². The molecule has 0 fully saturated rings. The topological polar surface area (TPSA) is 106 Å². The van der Waals surface area contributed by atoms with Crippen molar-refractivity contribution in [3.05, 3.63) is 75.6 Å². The van der Waals surface area contributed by atoms with E-state index in [2.05, 4.69) is 4.98 Å². The third kappa shape index (κ3) is 2.96. The third-order valence-electron chi connectivity index (χ3n) is 4.04. The van der Waals surface area contributed by atoms with Crippen LogP contribution in [0.2, 0.25) is 0 Å². The van der Waals surface area contributed by atoms with E-state index in [0.717, 1.165) is 0 Å². The third-order valence-corrected chi connectivity index (χ3v) is 4.04. The first kappa shape index (κ1) is 17.0. The monoisotopic (exact) mass is 348 g/mol. The number of nitrogens with zero attached hydrogens (tertiary/aromatic N) is 3. The van der Waals surface area contributed by atoms with Crippen molar-refractivity contribution in [1.82, 2.24) is 4.98 Å². The van der Waals surface area contributed by atoms with E-state index >= 15 is 0 Å². The molecule has 6 nitrogen and oxygen atoms in total. The first-order chi connectivity index (χ1) is 12.4. The normalized spacial score (nSPS) is 10.3. The molecule has 0 aliphatic heterocycles. The number of rotatable bonds is 3. The number of nitro groups is 1. The average molecular weight is 348 g/mol. The lowest BCUT2D eigenvalue weighted by Gasteiger charge is -2.15. The summed E-state index contributed by atoms with van der Waals surface area (Å²) in [6.45, 7) is 1.75. The maximum absolute atomic E-state index is 13.2. The first-order valence-electron chi connectivity index (χ1n) is 7.63. The van der Waals surface area contributed by atoms with Crippen molar-refractivity contribution >= 4 is 11.5 Å². The molecule has 0 bridgehead atoms. The van der Waals surface area contributed by atoms with Crippen LogP contribution < -0.4 is 5.73 Å². The number of aromatic nitrogens is 1. The van der Waals surface area contributed by atoms with E-state index in [1.165, 1.54) is 24.3 Å². The molecule has 0 radical (unpaired) electrons. The van der Waals surface area contributed by atoms with Crippen LogP contribution in [0.25, 0.3) is 22.4 Å². The minimum atomic E-state index is -0.504. The van der Waals surface area contributed by atoms with Gasteiger partial charge in [0.2, 0.25) is 0 Å². The standard InChI is InChI=1S/C19H13FN4O2/c1-11-17(13-3-2-4-15(9-13)24(25)26)16(10-21)19(22)23-18(11)12-5-7-14(20)8-6-12/h2-9H,1H3,(H2,22,23). The SMILES string of the molecule is Cc1c(-c2ccc(F)cc2)nc(N)c(C#N)c1-c1cccc([N+](=O)[O-])c1. The lowest BCUT2D eigenvalue weighted by Crippen LogP contribution is -2.03. The molecule has 128 valence electrons. The van der Waals surface area contributed by atoms with E-state index in [-0.39, 0.29) is 22.9 Å². The average Bonchev–Trinajstić information content (AvgIpc) is 2.63. The zero-order valence-corrected chi connectivity index (χ0v) is 13.7. The van der Waals surface area contributed by atoms with Gasteiger partial charge in [-0.25, -0.2) is 9.37 Å². The summed E-state index contributed by atoms with van der Waals surface area (Å²) in [7, 11) is 0. The first-order valence-corrected chi connectivity index (χ1v) is 7.63. The quantitative estimate of drug-likeness (QED) is 0.563. The van der Waals surface area contributed by atoms with Crippen LogP contribution in [0.15, 0.2) is 48.5 Å². The summed E-state index contributed by atoms with van der Waals surface area (Å²) in [6.07, 6.45) is 0. The maximum Gasteiger partial charge on any atom is 0.270 e. The molecule has 26 heavy (non-hydrogen) atoms. The Kier molecular flexibility index (Phi) is 4.33. The fourth-order valence-electron chi connectivity index (χ4n) is 2.83. The van der Waals surface area contributed by atoms with Crippen LogP contribution in [-0.4, -0.2) is 9.91 Å². The number of nitriles is 1. The second-order valence-electron chi connectivity index (χ2n) is 5.65. The molecule has 3 rings (SSSR count). The Balaban J connectivity index is 2.31. The summed E-state index contributed by atoms with van der Waals surface area (Å²) in [5, 5.41) is 20.6. The molecule has 1 aromatic heterocycles. The van der Waals surface area contributed by atoms with Gasteiger partial charge in [-0.2, -0.15) is 5.26 Å². The Morgan fingerprint density at radius 1 is 1.19 bits per heavy atom. The summed E-state index contributed by atoms with van der Waals surface area (Å²) in [6, 6.07) is 13.7. The number of hydrogen-bond acceptors (Lipinski definition) is 5. The minimum Gasteiger partial charge on any atom is -0.383 e. The maximum atomic E-state index is 13.2. The van der Waals surface area contributed by atoms with E-state index in [0.29, 0.717) is 27.9 Å². The van der Waals surface area contributed by atoms with Crippen molar-refractivity contribution in [3.63, 3.8) is 0 Å². The van der Waals surface area contributed by atoms with Gasteiger partial charge in [-0.1, -0.05) is 12.1 Å². The van der Waals surface area contributed by atoms with Gasteiger partial charge >= 0.3 is 0 Å². The van der Waals surface area contributed by atoms with Gasteiger partial charge in [0.25, 0.3) is 5.69 Å². The van der Waals surface area contributed by atoms with Gasteiger partial charge in [0.05, 0.1) is 10.6 Å². The van der Waals surface area contributed by atoms with Gasteiger partial charge in [-0.05, 0) is 42.3 Å². The van der Waals surface area contributed by atoms with Crippen LogP contribution >= 0.6 is 0 Å². The van der Waals surface area contributed by atoms with E-state index in [9.17, 15) is 19.8 Å². The number of nitro benzene ring substituents is 1. The molecule has 3 aromatic rings.